The van der Waals surface area contributed by atoms with Crippen LogP contribution in [0.4, 0.5) is 15.5 Å². The zero-order valence-electron chi connectivity index (χ0n) is 23.7. The molecule has 0 aliphatic carbocycles. The number of imidazole rings is 1. The van der Waals surface area contributed by atoms with Gasteiger partial charge in [-0.2, -0.15) is 0 Å². The van der Waals surface area contributed by atoms with Crippen molar-refractivity contribution in [2.75, 3.05) is 38.1 Å². The Balaban J connectivity index is 0.00000405. The Hall–Kier alpha value is -4.58. The molecule has 2 amide bonds. The second kappa shape index (κ2) is 12.9. The summed E-state index contributed by atoms with van der Waals surface area (Å²) in [6.07, 6.45) is 4.34. The van der Waals surface area contributed by atoms with Crippen molar-refractivity contribution in [3.63, 3.8) is 0 Å². The highest BCUT2D eigenvalue weighted by Crippen LogP contribution is 2.32. The van der Waals surface area contributed by atoms with Crippen LogP contribution < -0.4 is 5.32 Å². The summed E-state index contributed by atoms with van der Waals surface area (Å²) in [4.78, 5) is 49.6. The van der Waals surface area contributed by atoms with Gasteiger partial charge in [0.2, 0.25) is 5.95 Å². The molecule has 1 aliphatic heterocycles. The Morgan fingerprint density at radius 2 is 1.76 bits per heavy atom. The number of hydrogen-bond donors (Lipinski definition) is 2. The lowest BCUT2D eigenvalue weighted by atomic mass is 10.0. The number of nitrogens with zero attached hydrogens (tertiary/aromatic N) is 6. The summed E-state index contributed by atoms with van der Waals surface area (Å²) in [5.74, 6) is 0.789. The lowest BCUT2D eigenvalue weighted by molar-refractivity contribution is 0.0138. The van der Waals surface area contributed by atoms with E-state index in [1.807, 2.05) is 51.2 Å². The van der Waals surface area contributed by atoms with Crippen LogP contribution in [0.15, 0.2) is 48.9 Å². The van der Waals surface area contributed by atoms with Crippen molar-refractivity contribution in [2.45, 2.75) is 47.3 Å². The van der Waals surface area contributed by atoms with Crippen LogP contribution in [0.2, 0.25) is 0 Å². The predicted molar refractivity (Wildman–Crippen MR) is 161 cm³/mol. The number of ether oxygens (including phenoxy) is 2. The van der Waals surface area contributed by atoms with E-state index in [4.69, 9.17) is 14.5 Å². The SMILES string of the molecule is C.CCOC(=O)Nc1nc2c(-c3ncccn3)cc(-c3ccc(CN4CCN(C(=O)OC(C)(C)C)CC4)nc3)cc2[nH]1. The third kappa shape index (κ3) is 7.38. The van der Waals surface area contributed by atoms with Gasteiger partial charge in [0.15, 0.2) is 5.82 Å². The number of pyridine rings is 1. The highest BCUT2D eigenvalue weighted by Gasteiger charge is 2.26. The fraction of sp³-hybridized carbons (Fsp3) is 0.400. The number of amides is 2. The minimum absolute atomic E-state index is 0. The van der Waals surface area contributed by atoms with Gasteiger partial charge in [-0.3, -0.25) is 15.2 Å². The molecule has 4 heterocycles. The zero-order chi connectivity index (χ0) is 29.0. The van der Waals surface area contributed by atoms with Gasteiger partial charge in [-0.15, -0.1) is 0 Å². The van der Waals surface area contributed by atoms with Crippen LogP contribution in [0.5, 0.6) is 0 Å². The number of hydrogen-bond acceptors (Lipinski definition) is 9. The average molecular weight is 575 g/mol. The number of aromatic amines is 1. The number of benzene rings is 1. The molecule has 4 aromatic rings. The van der Waals surface area contributed by atoms with Crippen molar-refractivity contribution in [3.8, 4) is 22.5 Å². The van der Waals surface area contributed by atoms with Gasteiger partial charge in [-0.25, -0.2) is 24.5 Å². The first-order chi connectivity index (χ1) is 19.7. The standard InChI is InChI=1S/C29H34N8O4.CH4/c1-5-40-27(38)35-26-33-23-16-20(15-22(24(23)34-26)25-30-9-6-10-31-25)19-7-8-21(32-17-19)18-36-11-13-37(14-12-36)28(39)41-29(2,3)4;/h6-10,15-17H,5,11-14,18H2,1-4H3,(H2,33,34,35,38);1H4. The molecular formula is C30H38N8O4. The van der Waals surface area contributed by atoms with Gasteiger partial charge in [0.25, 0.3) is 0 Å². The van der Waals surface area contributed by atoms with E-state index in [1.54, 1.807) is 30.3 Å². The highest BCUT2D eigenvalue weighted by atomic mass is 16.6. The van der Waals surface area contributed by atoms with Crippen LogP contribution in [-0.4, -0.2) is 85.3 Å². The Morgan fingerprint density at radius 3 is 2.40 bits per heavy atom. The lowest BCUT2D eigenvalue weighted by Gasteiger charge is -2.35. The molecule has 0 saturated carbocycles. The van der Waals surface area contributed by atoms with Gasteiger partial charge >= 0.3 is 12.2 Å². The van der Waals surface area contributed by atoms with Crippen molar-refractivity contribution in [1.29, 1.82) is 0 Å². The van der Waals surface area contributed by atoms with Gasteiger partial charge in [0.05, 0.1) is 17.8 Å². The number of piperazine rings is 1. The van der Waals surface area contributed by atoms with Gasteiger partial charge < -0.3 is 19.4 Å². The first kappa shape index (κ1) is 30.4. The summed E-state index contributed by atoms with van der Waals surface area (Å²) in [6.45, 7) is 11.0. The monoisotopic (exact) mass is 574 g/mol. The molecule has 222 valence electrons. The van der Waals surface area contributed by atoms with Gasteiger partial charge in [-0.05, 0) is 57.5 Å². The van der Waals surface area contributed by atoms with E-state index in [9.17, 15) is 9.59 Å². The molecule has 5 rings (SSSR count). The molecule has 12 nitrogen and oxygen atoms in total. The number of carbonyl (C=O) groups excluding carboxylic acids is 2. The van der Waals surface area contributed by atoms with E-state index in [1.165, 1.54) is 0 Å². The molecular weight excluding hydrogens is 536 g/mol. The molecule has 0 radical (unpaired) electrons. The fourth-order valence-electron chi connectivity index (χ4n) is 4.55. The molecule has 2 N–H and O–H groups in total. The van der Waals surface area contributed by atoms with Crippen molar-refractivity contribution in [2.24, 2.45) is 0 Å². The molecule has 0 spiro atoms. The molecule has 1 aliphatic rings. The van der Waals surface area contributed by atoms with Crippen molar-refractivity contribution < 1.29 is 19.1 Å². The predicted octanol–water partition coefficient (Wildman–Crippen LogP) is 5.34. The molecule has 1 fully saturated rings. The Bertz CT molecular complexity index is 1510. The highest BCUT2D eigenvalue weighted by molar-refractivity contribution is 5.96. The fourth-order valence-corrected chi connectivity index (χ4v) is 4.55. The van der Waals surface area contributed by atoms with E-state index >= 15 is 0 Å². The molecule has 42 heavy (non-hydrogen) atoms. The van der Waals surface area contributed by atoms with Gasteiger partial charge in [-0.1, -0.05) is 13.5 Å². The number of anilines is 1. The second-order valence-corrected chi connectivity index (χ2v) is 10.7. The summed E-state index contributed by atoms with van der Waals surface area (Å²) in [7, 11) is 0. The molecule has 1 aromatic carbocycles. The number of nitrogens with one attached hydrogen (secondary N) is 2. The maximum Gasteiger partial charge on any atom is 0.413 e. The van der Waals surface area contributed by atoms with Crippen LogP contribution in [-0.2, 0) is 16.0 Å². The Labute approximate surface area is 245 Å². The van der Waals surface area contributed by atoms with E-state index in [0.717, 1.165) is 35.5 Å². The third-order valence-electron chi connectivity index (χ3n) is 6.46. The minimum atomic E-state index is -0.588. The number of carbonyl (C=O) groups is 2. The average Bonchev–Trinajstić information content (AvgIpc) is 3.35. The van der Waals surface area contributed by atoms with Gasteiger partial charge in [0, 0.05) is 62.4 Å². The molecule has 0 atom stereocenters. The van der Waals surface area contributed by atoms with Crippen LogP contribution >= 0.6 is 0 Å². The second-order valence-electron chi connectivity index (χ2n) is 10.7. The van der Waals surface area contributed by atoms with Crippen molar-refractivity contribution in [3.05, 3.63) is 54.6 Å². The third-order valence-corrected chi connectivity index (χ3v) is 6.46. The van der Waals surface area contributed by atoms with Gasteiger partial charge in [0.1, 0.15) is 11.1 Å². The molecule has 3 aromatic heterocycles. The largest absolute Gasteiger partial charge is 0.450 e. The van der Waals surface area contributed by atoms with Crippen LogP contribution in [0, 0.1) is 0 Å². The molecule has 12 heteroatoms. The topological polar surface area (TPSA) is 138 Å². The van der Waals surface area contributed by atoms with E-state index in [0.29, 0.717) is 36.5 Å². The maximum atomic E-state index is 12.4. The Kier molecular flexibility index (Phi) is 9.36. The summed E-state index contributed by atoms with van der Waals surface area (Å²) < 4.78 is 10.5. The zero-order valence-corrected chi connectivity index (χ0v) is 23.7. The first-order valence-corrected chi connectivity index (χ1v) is 13.6. The smallest absolute Gasteiger partial charge is 0.413 e. The quantitative estimate of drug-likeness (QED) is 0.312. The maximum absolute atomic E-state index is 12.4. The number of fused-ring (bicyclic) bond motifs is 1. The van der Waals surface area contributed by atoms with E-state index in [2.05, 4.69) is 30.2 Å². The van der Waals surface area contributed by atoms with E-state index in [-0.39, 0.29) is 26.1 Å². The minimum Gasteiger partial charge on any atom is -0.450 e. The van der Waals surface area contributed by atoms with Crippen LogP contribution in [0.1, 0.15) is 40.8 Å². The van der Waals surface area contributed by atoms with Crippen LogP contribution in [0.3, 0.4) is 0 Å². The number of aromatic nitrogens is 5. The normalized spacial score (nSPS) is 13.9. The molecule has 0 bridgehead atoms. The summed E-state index contributed by atoms with van der Waals surface area (Å²) in [5.41, 5.74) is 4.31. The molecule has 1 saturated heterocycles. The summed E-state index contributed by atoms with van der Waals surface area (Å²) in [5, 5.41) is 2.62. The Morgan fingerprint density at radius 1 is 1.02 bits per heavy atom. The summed E-state index contributed by atoms with van der Waals surface area (Å²) >= 11 is 0. The number of H-pyrrole nitrogens is 1. The van der Waals surface area contributed by atoms with Crippen molar-refractivity contribution >= 4 is 29.2 Å². The number of rotatable bonds is 6. The van der Waals surface area contributed by atoms with Crippen molar-refractivity contribution in [1.82, 2.24) is 34.7 Å². The first-order valence-electron chi connectivity index (χ1n) is 13.6. The van der Waals surface area contributed by atoms with Crippen LogP contribution in [0.25, 0.3) is 33.5 Å². The molecule has 0 unspecified atom stereocenters. The van der Waals surface area contributed by atoms with E-state index < -0.39 is 11.7 Å². The lowest BCUT2D eigenvalue weighted by Crippen LogP contribution is -2.49. The summed E-state index contributed by atoms with van der Waals surface area (Å²) in [6, 6.07) is 9.73.